The number of rotatable bonds is 6. The van der Waals surface area contributed by atoms with Crippen molar-refractivity contribution in [3.63, 3.8) is 0 Å². The minimum absolute atomic E-state index is 0.0399. The van der Waals surface area contributed by atoms with Crippen LogP contribution in [0.1, 0.15) is 38.2 Å². The van der Waals surface area contributed by atoms with Crippen LogP contribution in [0.3, 0.4) is 0 Å². The number of nitrogens with one attached hydrogen (secondary N) is 1. The van der Waals surface area contributed by atoms with Gasteiger partial charge in [-0.2, -0.15) is 5.26 Å². The van der Waals surface area contributed by atoms with Crippen molar-refractivity contribution in [1.82, 2.24) is 15.1 Å². The van der Waals surface area contributed by atoms with Gasteiger partial charge < -0.3 is 34.1 Å². The highest BCUT2D eigenvalue weighted by atomic mass is 16.5. The van der Waals surface area contributed by atoms with Crippen LogP contribution in [-0.2, 0) is 9.53 Å². The van der Waals surface area contributed by atoms with Crippen molar-refractivity contribution in [2.75, 3.05) is 60.1 Å². The van der Waals surface area contributed by atoms with Crippen LogP contribution in [0.15, 0.2) is 11.1 Å². The molecule has 1 aliphatic carbocycles. The normalized spacial score (nSPS) is 21.5. The Morgan fingerprint density at radius 1 is 1.14 bits per heavy atom. The molecule has 1 unspecified atom stereocenters. The minimum Gasteiger partial charge on any atom is -0.493 e. The predicted octanol–water partition coefficient (Wildman–Crippen LogP) is 2.08. The van der Waals surface area contributed by atoms with Crippen LogP contribution in [0.25, 0.3) is 0 Å². The standard InChI is InChI=1S/C25H35N5O5/c1-17(29-9-5-10-30(12-11-29)25(31)22-16-27-8-13-34-22)28-20-14-21(32-2)24(33-3)23(19(20)15-26)35-18-6-4-7-18/h14,18,22,27H,4-13,16H2,1-3H3. The average Bonchev–Trinajstić information content (AvgIpc) is 3.12. The van der Waals surface area contributed by atoms with Gasteiger partial charge in [0, 0.05) is 45.3 Å². The quantitative estimate of drug-likeness (QED) is 0.482. The van der Waals surface area contributed by atoms with Crippen molar-refractivity contribution in [3.05, 3.63) is 11.6 Å². The third-order valence-electron chi connectivity index (χ3n) is 6.80. The molecule has 1 amide bonds. The first-order valence-electron chi connectivity index (χ1n) is 12.3. The zero-order chi connectivity index (χ0) is 24.8. The number of benzene rings is 1. The topological polar surface area (TPSA) is 109 Å². The Balaban J connectivity index is 1.54. The van der Waals surface area contributed by atoms with Crippen LogP contribution in [-0.4, -0.2) is 93.8 Å². The molecule has 0 radical (unpaired) electrons. The van der Waals surface area contributed by atoms with Gasteiger partial charge >= 0.3 is 0 Å². The number of hydrogen-bond donors (Lipinski definition) is 1. The third-order valence-corrected chi connectivity index (χ3v) is 6.80. The highest BCUT2D eigenvalue weighted by Crippen LogP contribution is 2.46. The third kappa shape index (κ3) is 5.63. The van der Waals surface area contributed by atoms with E-state index in [0.717, 1.165) is 44.6 Å². The number of amidine groups is 1. The zero-order valence-corrected chi connectivity index (χ0v) is 20.8. The van der Waals surface area contributed by atoms with Crippen LogP contribution in [0, 0.1) is 11.3 Å². The van der Waals surface area contributed by atoms with E-state index in [1.54, 1.807) is 20.3 Å². The summed E-state index contributed by atoms with van der Waals surface area (Å²) < 4.78 is 22.9. The molecule has 10 nitrogen and oxygen atoms in total. The van der Waals surface area contributed by atoms with Gasteiger partial charge in [0.25, 0.3) is 5.91 Å². The second-order valence-electron chi connectivity index (χ2n) is 9.01. The molecule has 190 valence electrons. The van der Waals surface area contributed by atoms with E-state index < -0.39 is 6.10 Å². The molecule has 1 aromatic carbocycles. The number of carbonyl (C=O) groups is 1. The summed E-state index contributed by atoms with van der Waals surface area (Å²) in [6.07, 6.45) is 3.50. The summed E-state index contributed by atoms with van der Waals surface area (Å²) in [5, 5.41) is 13.2. The fourth-order valence-corrected chi connectivity index (χ4v) is 4.55. The van der Waals surface area contributed by atoms with E-state index in [-0.39, 0.29) is 12.0 Å². The molecule has 0 spiro atoms. The molecule has 1 saturated carbocycles. The molecule has 1 N–H and O–H groups in total. The predicted molar refractivity (Wildman–Crippen MR) is 131 cm³/mol. The van der Waals surface area contributed by atoms with Crippen molar-refractivity contribution in [1.29, 1.82) is 5.26 Å². The zero-order valence-electron chi connectivity index (χ0n) is 20.8. The maximum atomic E-state index is 12.9. The van der Waals surface area contributed by atoms with Crippen LogP contribution in [0.5, 0.6) is 17.2 Å². The Hall–Kier alpha value is -3.03. The molecular formula is C25H35N5O5. The van der Waals surface area contributed by atoms with Gasteiger partial charge in [-0.25, -0.2) is 4.99 Å². The van der Waals surface area contributed by atoms with Crippen molar-refractivity contribution in [2.24, 2.45) is 4.99 Å². The van der Waals surface area contributed by atoms with Gasteiger partial charge in [-0.05, 0) is 32.6 Å². The van der Waals surface area contributed by atoms with Gasteiger partial charge in [0.15, 0.2) is 11.5 Å². The largest absolute Gasteiger partial charge is 0.493 e. The first-order valence-corrected chi connectivity index (χ1v) is 12.3. The molecular weight excluding hydrogens is 450 g/mol. The first-order chi connectivity index (χ1) is 17.0. The van der Waals surface area contributed by atoms with Gasteiger partial charge in [-0.3, -0.25) is 4.79 Å². The van der Waals surface area contributed by atoms with Crippen molar-refractivity contribution >= 4 is 17.4 Å². The summed E-state index contributed by atoms with van der Waals surface area (Å²) in [7, 11) is 3.10. The number of morpholine rings is 1. The molecule has 3 fully saturated rings. The summed E-state index contributed by atoms with van der Waals surface area (Å²) in [5.41, 5.74) is 0.818. The van der Waals surface area contributed by atoms with Crippen LogP contribution >= 0.6 is 0 Å². The maximum absolute atomic E-state index is 12.9. The number of ether oxygens (including phenoxy) is 4. The average molecular weight is 486 g/mol. The van der Waals surface area contributed by atoms with Gasteiger partial charge in [0.1, 0.15) is 23.6 Å². The molecule has 0 aromatic heterocycles. The number of aliphatic imine (C=N–C) groups is 1. The van der Waals surface area contributed by atoms with E-state index in [1.807, 2.05) is 11.8 Å². The Labute approximate surface area is 206 Å². The SMILES string of the molecule is COc1cc(N=C(C)N2CCCN(C(=O)C3CNCCO3)CC2)c(C#N)c(OC2CCC2)c1OC. The van der Waals surface area contributed by atoms with E-state index >= 15 is 0 Å². The second-order valence-corrected chi connectivity index (χ2v) is 9.01. The van der Waals surface area contributed by atoms with Gasteiger partial charge in [0.2, 0.25) is 5.75 Å². The van der Waals surface area contributed by atoms with E-state index in [0.29, 0.717) is 61.3 Å². The Morgan fingerprint density at radius 2 is 1.91 bits per heavy atom. The van der Waals surface area contributed by atoms with Crippen LogP contribution in [0.2, 0.25) is 0 Å². The number of carbonyl (C=O) groups excluding carboxylic acids is 1. The highest BCUT2D eigenvalue weighted by molar-refractivity contribution is 5.85. The molecule has 10 heteroatoms. The van der Waals surface area contributed by atoms with E-state index in [4.69, 9.17) is 23.9 Å². The van der Waals surface area contributed by atoms with Crippen molar-refractivity contribution in [3.8, 4) is 23.3 Å². The smallest absolute Gasteiger partial charge is 0.253 e. The molecule has 4 rings (SSSR count). The molecule has 2 saturated heterocycles. The minimum atomic E-state index is -0.413. The Morgan fingerprint density at radius 3 is 2.54 bits per heavy atom. The van der Waals surface area contributed by atoms with Gasteiger partial charge in [-0.1, -0.05) is 0 Å². The highest BCUT2D eigenvalue weighted by Gasteiger charge is 2.29. The van der Waals surface area contributed by atoms with Crippen LogP contribution in [0.4, 0.5) is 5.69 Å². The van der Waals surface area contributed by atoms with Gasteiger partial charge in [0.05, 0.1) is 32.6 Å². The van der Waals surface area contributed by atoms with Gasteiger partial charge in [-0.15, -0.1) is 0 Å². The molecule has 2 aliphatic heterocycles. The van der Waals surface area contributed by atoms with E-state index in [9.17, 15) is 10.1 Å². The fraction of sp³-hybridized carbons (Fsp3) is 0.640. The number of hydrogen-bond acceptors (Lipinski definition) is 8. The molecule has 0 bridgehead atoms. The van der Waals surface area contributed by atoms with Crippen molar-refractivity contribution in [2.45, 2.75) is 44.8 Å². The van der Waals surface area contributed by atoms with Crippen LogP contribution < -0.4 is 19.5 Å². The monoisotopic (exact) mass is 485 g/mol. The summed E-state index contributed by atoms with van der Waals surface area (Å²) in [6, 6.07) is 3.98. The summed E-state index contributed by atoms with van der Waals surface area (Å²) >= 11 is 0. The summed E-state index contributed by atoms with van der Waals surface area (Å²) in [6.45, 7) is 6.52. The lowest BCUT2D eigenvalue weighted by Gasteiger charge is -2.29. The number of amides is 1. The lowest BCUT2D eigenvalue weighted by molar-refractivity contribution is -0.145. The summed E-state index contributed by atoms with van der Waals surface area (Å²) in [5.74, 6) is 2.09. The van der Waals surface area contributed by atoms with E-state index in [1.165, 1.54) is 0 Å². The first kappa shape index (κ1) is 25.1. The van der Waals surface area contributed by atoms with E-state index in [2.05, 4.69) is 16.3 Å². The lowest BCUT2D eigenvalue weighted by Crippen LogP contribution is -2.50. The summed E-state index contributed by atoms with van der Waals surface area (Å²) in [4.78, 5) is 21.7. The Kier molecular flexibility index (Phi) is 8.31. The molecule has 3 aliphatic rings. The van der Waals surface area contributed by atoms with Crippen molar-refractivity contribution < 1.29 is 23.7 Å². The Bertz CT molecular complexity index is 981. The number of nitriles is 1. The second kappa shape index (κ2) is 11.6. The lowest BCUT2D eigenvalue weighted by atomic mass is 9.96. The molecule has 2 heterocycles. The number of methoxy groups -OCH3 is 2. The fourth-order valence-electron chi connectivity index (χ4n) is 4.55. The molecule has 1 atom stereocenters. The molecule has 35 heavy (non-hydrogen) atoms. The molecule has 1 aromatic rings. The maximum Gasteiger partial charge on any atom is 0.253 e. The number of nitrogens with zero attached hydrogens (tertiary/aromatic N) is 4.